The molecule has 51 valence electrons. The fraction of sp³-hybridized carbons (Fsp3) is 0.375. The van der Waals surface area contributed by atoms with Gasteiger partial charge >= 0.3 is 0 Å². The Bertz CT molecular complexity index is 207. The van der Waals surface area contributed by atoms with Crippen LogP contribution in [-0.4, -0.2) is 11.5 Å². The van der Waals surface area contributed by atoms with Crippen molar-refractivity contribution < 1.29 is 0 Å². The summed E-state index contributed by atoms with van der Waals surface area (Å²) in [5.74, 6) is 0. The van der Waals surface area contributed by atoms with Gasteiger partial charge in [-0.3, -0.25) is 10.3 Å². The summed E-state index contributed by atoms with van der Waals surface area (Å²) < 4.78 is 0. The fourth-order valence-electron chi connectivity index (χ4n) is 1.24. The maximum absolute atomic E-state index is 4.33. The third kappa shape index (κ3) is 0.856. The van der Waals surface area contributed by atoms with Crippen molar-refractivity contribution in [3.05, 3.63) is 24.0 Å². The lowest BCUT2D eigenvalue weighted by molar-refractivity contribution is 0.701. The maximum atomic E-state index is 4.33. The Morgan fingerprint density at radius 2 is 2.40 bits per heavy atom. The van der Waals surface area contributed by atoms with E-state index in [-0.39, 0.29) is 0 Å². The van der Waals surface area contributed by atoms with E-state index >= 15 is 0 Å². The first-order chi connectivity index (χ1) is 4.97. The van der Waals surface area contributed by atoms with Crippen LogP contribution < -0.4 is 5.32 Å². The number of aryl methyl sites for hydroxylation is 1. The Balaban J connectivity index is 2.41. The Labute approximate surface area is 60.3 Å². The van der Waals surface area contributed by atoms with Gasteiger partial charge in [0.2, 0.25) is 0 Å². The minimum absolute atomic E-state index is 0.971. The summed E-state index contributed by atoms with van der Waals surface area (Å²) >= 11 is 0. The van der Waals surface area contributed by atoms with Crippen molar-refractivity contribution in [1.29, 1.82) is 0 Å². The largest absolute Gasteiger partial charge is 0.283 e. The Hall–Kier alpha value is -1.05. The molecule has 1 radical (unpaired) electrons. The molecule has 2 rings (SSSR count). The van der Waals surface area contributed by atoms with Crippen molar-refractivity contribution in [2.75, 3.05) is 6.54 Å². The Kier molecular flexibility index (Phi) is 1.31. The number of rotatable bonds is 0. The van der Waals surface area contributed by atoms with Crippen LogP contribution in [0.15, 0.2) is 18.5 Å². The van der Waals surface area contributed by atoms with Crippen LogP contribution in [0.25, 0.3) is 0 Å². The SMILES string of the molecule is c1cc2c(cn1)[N]CCC2. The van der Waals surface area contributed by atoms with Gasteiger partial charge in [-0.25, -0.2) is 0 Å². The standard InChI is InChI=1S/C8H9N2/c1-2-7-3-5-9-6-8(7)10-4-1/h3,5-6H,1-2,4H2. The zero-order chi connectivity index (χ0) is 6.81. The van der Waals surface area contributed by atoms with E-state index in [1.165, 1.54) is 18.4 Å². The molecule has 0 N–H and O–H groups in total. The van der Waals surface area contributed by atoms with E-state index in [1.807, 2.05) is 12.4 Å². The molecule has 0 atom stereocenters. The van der Waals surface area contributed by atoms with Gasteiger partial charge in [-0.15, -0.1) is 0 Å². The molecule has 0 amide bonds. The molecule has 2 heteroatoms. The number of hydrogen-bond acceptors (Lipinski definition) is 1. The lowest BCUT2D eigenvalue weighted by atomic mass is 10.1. The van der Waals surface area contributed by atoms with E-state index in [2.05, 4.69) is 16.4 Å². The average Bonchev–Trinajstić information content (AvgIpc) is 2.05. The van der Waals surface area contributed by atoms with E-state index in [0.29, 0.717) is 0 Å². The van der Waals surface area contributed by atoms with Crippen molar-refractivity contribution in [3.63, 3.8) is 0 Å². The third-order valence-electron chi connectivity index (χ3n) is 1.77. The number of aromatic nitrogens is 1. The highest BCUT2D eigenvalue weighted by atomic mass is 14.9. The average molecular weight is 133 g/mol. The number of nitrogens with zero attached hydrogens (tertiary/aromatic N) is 2. The zero-order valence-electron chi connectivity index (χ0n) is 5.75. The highest BCUT2D eigenvalue weighted by molar-refractivity contribution is 5.43. The lowest BCUT2D eigenvalue weighted by Gasteiger charge is -2.13. The fourth-order valence-corrected chi connectivity index (χ4v) is 1.24. The van der Waals surface area contributed by atoms with Gasteiger partial charge in [0.05, 0.1) is 11.9 Å². The van der Waals surface area contributed by atoms with Crippen LogP contribution in [0.4, 0.5) is 5.69 Å². The summed E-state index contributed by atoms with van der Waals surface area (Å²) in [5.41, 5.74) is 2.44. The normalized spacial score (nSPS) is 15.6. The molecule has 0 unspecified atom stereocenters. The molecule has 0 aromatic carbocycles. The second kappa shape index (κ2) is 2.29. The van der Waals surface area contributed by atoms with Gasteiger partial charge in [0.1, 0.15) is 0 Å². The van der Waals surface area contributed by atoms with Crippen molar-refractivity contribution in [2.24, 2.45) is 0 Å². The van der Waals surface area contributed by atoms with E-state index in [1.54, 1.807) is 0 Å². The first-order valence-electron chi connectivity index (χ1n) is 3.57. The Morgan fingerprint density at radius 3 is 3.30 bits per heavy atom. The molecule has 10 heavy (non-hydrogen) atoms. The summed E-state index contributed by atoms with van der Waals surface area (Å²) in [6.07, 6.45) is 6.03. The quantitative estimate of drug-likeness (QED) is 0.523. The summed E-state index contributed by atoms with van der Waals surface area (Å²) in [7, 11) is 0. The lowest BCUT2D eigenvalue weighted by Crippen LogP contribution is -2.10. The second-order valence-electron chi connectivity index (χ2n) is 2.49. The second-order valence-corrected chi connectivity index (χ2v) is 2.49. The molecule has 2 nitrogen and oxygen atoms in total. The molecule has 0 saturated heterocycles. The third-order valence-corrected chi connectivity index (χ3v) is 1.77. The van der Waals surface area contributed by atoms with Crippen molar-refractivity contribution in [1.82, 2.24) is 10.3 Å². The first kappa shape index (κ1) is 5.71. The van der Waals surface area contributed by atoms with Crippen LogP contribution >= 0.6 is 0 Å². The molecule has 0 spiro atoms. The van der Waals surface area contributed by atoms with Crippen LogP contribution in [-0.2, 0) is 6.42 Å². The molecule has 0 aliphatic carbocycles. The van der Waals surface area contributed by atoms with Gasteiger partial charge in [0.15, 0.2) is 0 Å². The van der Waals surface area contributed by atoms with Crippen LogP contribution in [0.2, 0.25) is 0 Å². The summed E-state index contributed by atoms with van der Waals surface area (Å²) in [6.45, 7) is 0.971. The highest BCUT2D eigenvalue weighted by Crippen LogP contribution is 2.19. The molecule has 1 aliphatic rings. The minimum Gasteiger partial charge on any atom is -0.283 e. The first-order valence-corrected chi connectivity index (χ1v) is 3.57. The number of fused-ring (bicyclic) bond motifs is 1. The molecular formula is C8H9N2. The van der Waals surface area contributed by atoms with Crippen molar-refractivity contribution >= 4 is 5.69 Å². The highest BCUT2D eigenvalue weighted by Gasteiger charge is 2.07. The maximum Gasteiger partial charge on any atom is 0.0789 e. The predicted molar refractivity (Wildman–Crippen MR) is 39.2 cm³/mol. The van der Waals surface area contributed by atoms with Crippen LogP contribution in [0.1, 0.15) is 12.0 Å². The van der Waals surface area contributed by atoms with E-state index < -0.39 is 0 Å². The molecule has 0 fully saturated rings. The molecule has 1 aliphatic heterocycles. The van der Waals surface area contributed by atoms with E-state index in [0.717, 1.165) is 12.2 Å². The van der Waals surface area contributed by atoms with Crippen LogP contribution in [0.5, 0.6) is 0 Å². The van der Waals surface area contributed by atoms with Crippen LogP contribution in [0, 0.1) is 0 Å². The van der Waals surface area contributed by atoms with E-state index in [4.69, 9.17) is 0 Å². The molecular weight excluding hydrogens is 124 g/mol. The molecule has 1 aromatic heterocycles. The van der Waals surface area contributed by atoms with Gasteiger partial charge in [0.25, 0.3) is 0 Å². The smallest absolute Gasteiger partial charge is 0.0789 e. The van der Waals surface area contributed by atoms with Gasteiger partial charge in [-0.2, -0.15) is 0 Å². The molecule has 0 bridgehead atoms. The number of hydrogen-bond donors (Lipinski definition) is 0. The zero-order valence-corrected chi connectivity index (χ0v) is 5.75. The van der Waals surface area contributed by atoms with E-state index in [9.17, 15) is 0 Å². The summed E-state index contributed by atoms with van der Waals surface area (Å²) in [5, 5.41) is 4.33. The van der Waals surface area contributed by atoms with Crippen molar-refractivity contribution in [3.8, 4) is 0 Å². The Morgan fingerprint density at radius 1 is 1.40 bits per heavy atom. The summed E-state index contributed by atoms with van der Waals surface area (Å²) in [4.78, 5) is 4.00. The predicted octanol–water partition coefficient (Wildman–Crippen LogP) is 1.26. The molecule has 0 saturated carbocycles. The topological polar surface area (TPSA) is 27.0 Å². The summed E-state index contributed by atoms with van der Waals surface area (Å²) in [6, 6.07) is 2.05. The van der Waals surface area contributed by atoms with Gasteiger partial charge in [0, 0.05) is 12.7 Å². The molecule has 2 heterocycles. The van der Waals surface area contributed by atoms with Crippen molar-refractivity contribution in [2.45, 2.75) is 12.8 Å². The van der Waals surface area contributed by atoms with Gasteiger partial charge in [-0.05, 0) is 24.5 Å². The van der Waals surface area contributed by atoms with Gasteiger partial charge < -0.3 is 0 Å². The monoisotopic (exact) mass is 133 g/mol. The molecule has 1 aromatic rings. The number of pyridine rings is 1. The van der Waals surface area contributed by atoms with Crippen LogP contribution in [0.3, 0.4) is 0 Å². The van der Waals surface area contributed by atoms with Gasteiger partial charge in [-0.1, -0.05) is 0 Å². The minimum atomic E-state index is 0.971.